The molecule has 9 N–H and O–H groups in total. The van der Waals surface area contributed by atoms with Crippen LogP contribution >= 0.6 is 7.82 Å². The first-order valence-electron chi connectivity index (χ1n) is 7.82. The second-order valence-corrected chi connectivity index (χ2v) is 7.37. The van der Waals surface area contributed by atoms with Crippen molar-refractivity contribution < 1.29 is 68.8 Å². The summed E-state index contributed by atoms with van der Waals surface area (Å²) in [5.41, 5.74) is 0. The first-order chi connectivity index (χ1) is 12.5. The molecule has 0 saturated carbocycles. The van der Waals surface area contributed by atoms with E-state index in [0.29, 0.717) is 0 Å². The largest absolute Gasteiger partial charge is 0.469 e. The Labute approximate surface area is 152 Å². The number of phosphoric acid groups is 1. The minimum absolute atomic E-state index is 0.735. The van der Waals surface area contributed by atoms with E-state index in [1.165, 1.54) is 0 Å². The van der Waals surface area contributed by atoms with Gasteiger partial charge in [0, 0.05) is 0 Å². The Balaban J connectivity index is 2.03. The van der Waals surface area contributed by atoms with Crippen molar-refractivity contribution in [2.75, 3.05) is 13.2 Å². The minimum Gasteiger partial charge on any atom is -0.394 e. The van der Waals surface area contributed by atoms with Crippen molar-refractivity contribution in [1.29, 1.82) is 0 Å². The van der Waals surface area contributed by atoms with E-state index in [2.05, 4.69) is 4.52 Å². The standard InChI is InChI=1S/C12H23O14P/c13-1-3-5(14)7(16)9(18)12(25-3)26-10-8(17)6(15)4(24-11(10)19)2-23-27(20,21)22/h3-19H,1-2H2,(H2,20,21,22)/t3-,4-,5-,6-,7+,8+,9+,10+,11-,12+/m1/s1. The number of hydrogen-bond acceptors (Lipinski definition) is 12. The molecule has 0 amide bonds. The monoisotopic (exact) mass is 422 g/mol. The maximum Gasteiger partial charge on any atom is 0.469 e. The SMILES string of the molecule is O=P(O)(O)OC[C@H]1O[C@@H](O)[C@@H](O[C@@H]2O[C@H](CO)[C@@H](O)[C@H](O)[C@@H]2O)[C@@H](O)[C@@H]1O. The molecule has 0 aliphatic carbocycles. The third kappa shape index (κ3) is 5.41. The Morgan fingerprint density at radius 2 is 1.41 bits per heavy atom. The molecule has 2 fully saturated rings. The second-order valence-electron chi connectivity index (χ2n) is 6.13. The van der Waals surface area contributed by atoms with Gasteiger partial charge in [-0.1, -0.05) is 0 Å². The van der Waals surface area contributed by atoms with E-state index in [9.17, 15) is 35.2 Å². The topological polar surface area (TPSA) is 236 Å². The van der Waals surface area contributed by atoms with Crippen LogP contribution in [0.4, 0.5) is 0 Å². The summed E-state index contributed by atoms with van der Waals surface area (Å²) in [7, 11) is -4.89. The second kappa shape index (κ2) is 9.02. The smallest absolute Gasteiger partial charge is 0.394 e. The summed E-state index contributed by atoms with van der Waals surface area (Å²) in [6, 6.07) is 0. The number of phosphoric ester groups is 1. The highest BCUT2D eigenvalue weighted by atomic mass is 31.2. The van der Waals surface area contributed by atoms with Crippen molar-refractivity contribution >= 4 is 7.82 Å². The van der Waals surface area contributed by atoms with Crippen molar-refractivity contribution in [1.82, 2.24) is 0 Å². The molecule has 2 aliphatic rings. The highest BCUT2D eigenvalue weighted by molar-refractivity contribution is 7.46. The fraction of sp³-hybridized carbons (Fsp3) is 1.00. The molecule has 0 spiro atoms. The summed E-state index contributed by atoms with van der Waals surface area (Å²) in [6.45, 7) is -1.59. The number of ether oxygens (including phenoxy) is 3. The molecule has 160 valence electrons. The molecule has 2 aliphatic heterocycles. The highest BCUT2D eigenvalue weighted by Crippen LogP contribution is 2.37. The van der Waals surface area contributed by atoms with Crippen LogP contribution in [0.25, 0.3) is 0 Å². The zero-order chi connectivity index (χ0) is 20.5. The van der Waals surface area contributed by atoms with Gasteiger partial charge in [0.25, 0.3) is 0 Å². The first kappa shape index (κ1) is 23.0. The van der Waals surface area contributed by atoms with E-state index in [-0.39, 0.29) is 0 Å². The number of aliphatic hydroxyl groups excluding tert-OH is 7. The lowest BCUT2D eigenvalue weighted by Crippen LogP contribution is -2.64. The van der Waals surface area contributed by atoms with E-state index in [1.54, 1.807) is 0 Å². The summed E-state index contributed by atoms with van der Waals surface area (Å²) < 4.78 is 30.0. The van der Waals surface area contributed by atoms with Gasteiger partial charge in [0.1, 0.15) is 48.8 Å². The Bertz CT molecular complexity index is 526. The third-order valence-electron chi connectivity index (χ3n) is 4.21. The first-order valence-corrected chi connectivity index (χ1v) is 9.35. The highest BCUT2D eigenvalue weighted by Gasteiger charge is 2.50. The van der Waals surface area contributed by atoms with Crippen molar-refractivity contribution in [3.63, 3.8) is 0 Å². The maximum absolute atomic E-state index is 10.7. The van der Waals surface area contributed by atoms with E-state index in [1.807, 2.05) is 0 Å². The molecule has 0 aromatic carbocycles. The summed E-state index contributed by atoms with van der Waals surface area (Å²) >= 11 is 0. The van der Waals surface area contributed by atoms with Gasteiger partial charge >= 0.3 is 7.82 Å². The molecule has 10 atom stereocenters. The Morgan fingerprint density at radius 1 is 0.815 bits per heavy atom. The number of aliphatic hydroxyl groups is 7. The van der Waals surface area contributed by atoms with E-state index >= 15 is 0 Å². The summed E-state index contributed by atoms with van der Waals surface area (Å²) in [5, 5.41) is 68.4. The average molecular weight is 422 g/mol. The molecular formula is C12H23O14P. The lowest BCUT2D eigenvalue weighted by Gasteiger charge is -2.45. The van der Waals surface area contributed by atoms with Crippen LogP contribution in [0, 0.1) is 0 Å². The van der Waals surface area contributed by atoms with Crippen LogP contribution in [0.3, 0.4) is 0 Å². The zero-order valence-corrected chi connectivity index (χ0v) is 14.6. The van der Waals surface area contributed by atoms with Gasteiger partial charge in [-0.2, -0.15) is 0 Å². The Morgan fingerprint density at radius 3 is 1.96 bits per heavy atom. The van der Waals surface area contributed by atoms with Gasteiger partial charge in [-0.15, -0.1) is 0 Å². The van der Waals surface area contributed by atoms with Crippen LogP contribution in [0.15, 0.2) is 0 Å². The fourth-order valence-electron chi connectivity index (χ4n) is 2.71. The molecule has 27 heavy (non-hydrogen) atoms. The molecule has 2 saturated heterocycles. The zero-order valence-electron chi connectivity index (χ0n) is 13.7. The molecular weight excluding hydrogens is 399 g/mol. The van der Waals surface area contributed by atoms with Crippen LogP contribution in [-0.4, -0.2) is 120 Å². The van der Waals surface area contributed by atoms with Crippen LogP contribution < -0.4 is 0 Å². The van der Waals surface area contributed by atoms with Crippen LogP contribution in [0.2, 0.25) is 0 Å². The van der Waals surface area contributed by atoms with Crippen molar-refractivity contribution in [2.45, 2.75) is 61.4 Å². The number of hydrogen-bond donors (Lipinski definition) is 9. The van der Waals surface area contributed by atoms with Crippen molar-refractivity contribution in [3.05, 3.63) is 0 Å². The molecule has 0 aromatic heterocycles. The summed E-state index contributed by atoms with van der Waals surface area (Å²) in [4.78, 5) is 17.3. The fourth-order valence-corrected chi connectivity index (χ4v) is 3.05. The van der Waals surface area contributed by atoms with Crippen LogP contribution in [0.1, 0.15) is 0 Å². The lowest BCUT2D eigenvalue weighted by molar-refractivity contribution is -0.361. The molecule has 0 unspecified atom stereocenters. The lowest BCUT2D eigenvalue weighted by atomic mass is 9.97. The van der Waals surface area contributed by atoms with Gasteiger partial charge < -0.3 is 59.7 Å². The van der Waals surface area contributed by atoms with Gasteiger partial charge in [0.05, 0.1) is 13.2 Å². The van der Waals surface area contributed by atoms with Crippen molar-refractivity contribution in [3.8, 4) is 0 Å². The van der Waals surface area contributed by atoms with Gasteiger partial charge in [-0.3, -0.25) is 4.52 Å². The van der Waals surface area contributed by atoms with E-state index in [0.717, 1.165) is 0 Å². The predicted octanol–water partition coefficient (Wildman–Crippen LogP) is -5.28. The molecule has 14 nitrogen and oxygen atoms in total. The maximum atomic E-state index is 10.7. The van der Waals surface area contributed by atoms with Crippen molar-refractivity contribution in [2.24, 2.45) is 0 Å². The normalized spacial score (nSPS) is 46.4. The van der Waals surface area contributed by atoms with Gasteiger partial charge in [0.2, 0.25) is 0 Å². The quantitative estimate of drug-likeness (QED) is 0.182. The summed E-state index contributed by atoms with van der Waals surface area (Å²) in [6.07, 6.45) is -17.1. The van der Waals surface area contributed by atoms with Gasteiger partial charge in [-0.05, 0) is 0 Å². The van der Waals surface area contributed by atoms with Crippen LogP contribution in [-0.2, 0) is 23.3 Å². The molecule has 15 heteroatoms. The van der Waals surface area contributed by atoms with Gasteiger partial charge in [-0.25, -0.2) is 4.57 Å². The molecule has 2 rings (SSSR count). The average Bonchev–Trinajstić information content (AvgIpc) is 2.59. The summed E-state index contributed by atoms with van der Waals surface area (Å²) in [5.74, 6) is 0. The predicted molar refractivity (Wildman–Crippen MR) is 79.5 cm³/mol. The molecule has 2 heterocycles. The van der Waals surface area contributed by atoms with Gasteiger partial charge in [0.15, 0.2) is 12.6 Å². The van der Waals surface area contributed by atoms with E-state index < -0.39 is 82.4 Å². The minimum atomic E-state index is -4.89. The third-order valence-corrected chi connectivity index (χ3v) is 4.69. The molecule has 0 aromatic rings. The molecule has 0 radical (unpaired) electrons. The Kier molecular flexibility index (Phi) is 7.68. The Hall–Kier alpha value is -0.290. The number of rotatable bonds is 6. The van der Waals surface area contributed by atoms with E-state index in [4.69, 9.17) is 29.1 Å². The van der Waals surface area contributed by atoms with Crippen LogP contribution in [0.5, 0.6) is 0 Å². The molecule has 0 bridgehead atoms.